The lowest BCUT2D eigenvalue weighted by Crippen LogP contribution is -2.20. The van der Waals surface area contributed by atoms with Gasteiger partial charge in [0.1, 0.15) is 11.2 Å². The van der Waals surface area contributed by atoms with Gasteiger partial charge in [0, 0.05) is 30.3 Å². The first-order chi connectivity index (χ1) is 8.83. The summed E-state index contributed by atoms with van der Waals surface area (Å²) < 4.78 is 5.69. The molecule has 0 N–H and O–H groups in total. The molecule has 90 valence electrons. The lowest BCUT2D eigenvalue weighted by Gasteiger charge is -2.24. The van der Waals surface area contributed by atoms with Crippen molar-refractivity contribution in [1.82, 2.24) is 4.90 Å². The van der Waals surface area contributed by atoms with Crippen LogP contribution < -0.4 is 0 Å². The minimum Gasteiger partial charge on any atom is -0.457 e. The Bertz CT molecular complexity index is 636. The summed E-state index contributed by atoms with van der Waals surface area (Å²) in [5, 5.41) is 0. The second-order valence-electron chi connectivity index (χ2n) is 5.11. The van der Waals surface area contributed by atoms with E-state index >= 15 is 0 Å². The van der Waals surface area contributed by atoms with E-state index in [0.717, 1.165) is 24.3 Å². The standard InChI is InChI=1S/C16H15NO/c1-11(12-5-3-2-4-6-12)17-9-13-14(10-17)16-8-7-15(13)18-16/h2-8,11H,9-10H2,1H3/t11-/m0/s1. The van der Waals surface area contributed by atoms with Crippen LogP contribution in [0.15, 0.2) is 46.9 Å². The molecule has 3 heterocycles. The summed E-state index contributed by atoms with van der Waals surface area (Å²) in [6, 6.07) is 15.3. The molecule has 1 atom stereocenters. The highest BCUT2D eigenvalue weighted by molar-refractivity contribution is 5.72. The topological polar surface area (TPSA) is 16.4 Å². The average molecular weight is 237 g/mol. The van der Waals surface area contributed by atoms with E-state index in [2.05, 4.69) is 54.3 Å². The maximum Gasteiger partial charge on any atom is 0.132 e. The normalized spacial score (nSPS) is 17.4. The molecule has 0 saturated carbocycles. The summed E-state index contributed by atoms with van der Waals surface area (Å²) in [5.74, 6) is 0. The largest absolute Gasteiger partial charge is 0.457 e. The number of benzene rings is 2. The molecule has 2 heteroatoms. The van der Waals surface area contributed by atoms with E-state index in [9.17, 15) is 0 Å². The van der Waals surface area contributed by atoms with E-state index in [0.29, 0.717) is 6.04 Å². The smallest absolute Gasteiger partial charge is 0.132 e. The number of nitrogens with zero attached hydrogens (tertiary/aromatic N) is 1. The van der Waals surface area contributed by atoms with Gasteiger partial charge in [-0.05, 0) is 24.6 Å². The third-order valence-electron chi connectivity index (χ3n) is 4.12. The third-order valence-corrected chi connectivity index (χ3v) is 4.12. The molecule has 0 amide bonds. The Morgan fingerprint density at radius 3 is 2.17 bits per heavy atom. The third kappa shape index (κ3) is 1.33. The van der Waals surface area contributed by atoms with Crippen molar-refractivity contribution >= 4 is 11.2 Å². The molecule has 0 aliphatic carbocycles. The number of hydrogen-bond donors (Lipinski definition) is 0. The molecule has 0 saturated heterocycles. The molecule has 4 rings (SSSR count). The van der Waals surface area contributed by atoms with E-state index < -0.39 is 0 Å². The zero-order valence-corrected chi connectivity index (χ0v) is 10.4. The zero-order chi connectivity index (χ0) is 12.1. The molecule has 2 bridgehead atoms. The van der Waals surface area contributed by atoms with Gasteiger partial charge in [0.05, 0.1) is 0 Å². The Kier molecular flexibility index (Phi) is 2.03. The highest BCUT2D eigenvalue weighted by Gasteiger charge is 2.29. The number of furan rings is 2. The Labute approximate surface area is 106 Å². The molecular formula is C16H15NO. The summed E-state index contributed by atoms with van der Waals surface area (Å²) in [7, 11) is 0. The van der Waals surface area contributed by atoms with Crippen molar-refractivity contribution < 1.29 is 4.42 Å². The average Bonchev–Trinajstić information content (AvgIpc) is 3.10. The Hall–Kier alpha value is -1.80. The molecule has 0 radical (unpaired) electrons. The zero-order valence-electron chi connectivity index (χ0n) is 10.4. The van der Waals surface area contributed by atoms with Crippen LogP contribution in [0.1, 0.15) is 29.7 Å². The summed E-state index contributed by atoms with van der Waals surface area (Å²) in [5.41, 5.74) is 6.32. The van der Waals surface area contributed by atoms with Crippen LogP contribution in [0.3, 0.4) is 0 Å². The Balaban J connectivity index is 1.64. The fourth-order valence-electron chi connectivity index (χ4n) is 2.98. The van der Waals surface area contributed by atoms with Crippen molar-refractivity contribution in [3.63, 3.8) is 0 Å². The van der Waals surface area contributed by atoms with Gasteiger partial charge in [0.2, 0.25) is 0 Å². The summed E-state index contributed by atoms with van der Waals surface area (Å²) in [4.78, 5) is 2.51. The van der Waals surface area contributed by atoms with Crippen molar-refractivity contribution in [3.05, 3.63) is 59.2 Å². The van der Waals surface area contributed by atoms with Gasteiger partial charge in [-0.25, -0.2) is 0 Å². The second-order valence-corrected chi connectivity index (χ2v) is 5.11. The van der Waals surface area contributed by atoms with E-state index in [-0.39, 0.29) is 0 Å². The summed E-state index contributed by atoms with van der Waals surface area (Å²) in [6.45, 7) is 4.30. The first-order valence-corrected chi connectivity index (χ1v) is 6.44. The lowest BCUT2D eigenvalue weighted by atomic mass is 10.1. The molecule has 1 aliphatic rings. The van der Waals surface area contributed by atoms with Gasteiger partial charge in [0.15, 0.2) is 0 Å². The maximum absolute atomic E-state index is 5.69. The lowest BCUT2D eigenvalue weighted by molar-refractivity contribution is 0.214. The second kappa shape index (κ2) is 3.59. The van der Waals surface area contributed by atoms with E-state index in [1.165, 1.54) is 16.7 Å². The van der Waals surface area contributed by atoms with Crippen LogP contribution in [0.5, 0.6) is 0 Å². The molecule has 0 fully saturated rings. The van der Waals surface area contributed by atoms with Gasteiger partial charge in [-0.2, -0.15) is 0 Å². The SMILES string of the molecule is C[C@@H](c1ccccc1)N1Cc2c(c3ccc2o3)C1. The fraction of sp³-hybridized carbons (Fsp3) is 0.250. The van der Waals surface area contributed by atoms with Crippen LogP contribution in [-0.2, 0) is 13.1 Å². The van der Waals surface area contributed by atoms with Crippen molar-refractivity contribution in [2.24, 2.45) is 0 Å². The molecule has 0 unspecified atom stereocenters. The minimum atomic E-state index is 0.456. The molecule has 3 aromatic rings. The summed E-state index contributed by atoms with van der Waals surface area (Å²) in [6.07, 6.45) is 0. The van der Waals surface area contributed by atoms with Crippen LogP contribution in [0, 0.1) is 0 Å². The van der Waals surface area contributed by atoms with Gasteiger partial charge < -0.3 is 4.42 Å². The highest BCUT2D eigenvalue weighted by atomic mass is 16.3. The van der Waals surface area contributed by atoms with E-state index in [4.69, 9.17) is 4.42 Å². The van der Waals surface area contributed by atoms with Gasteiger partial charge >= 0.3 is 0 Å². The molecule has 18 heavy (non-hydrogen) atoms. The molecule has 1 aromatic carbocycles. The first-order valence-electron chi connectivity index (χ1n) is 6.44. The summed E-state index contributed by atoms with van der Waals surface area (Å²) >= 11 is 0. The molecule has 1 aliphatic heterocycles. The molecule has 0 spiro atoms. The van der Waals surface area contributed by atoms with Crippen LogP contribution in [0.4, 0.5) is 0 Å². The van der Waals surface area contributed by atoms with Crippen molar-refractivity contribution in [2.45, 2.75) is 26.1 Å². The minimum absolute atomic E-state index is 0.456. The van der Waals surface area contributed by atoms with Crippen LogP contribution in [0.2, 0.25) is 0 Å². The van der Waals surface area contributed by atoms with Crippen molar-refractivity contribution in [1.29, 1.82) is 0 Å². The number of rotatable bonds is 2. The van der Waals surface area contributed by atoms with Crippen molar-refractivity contribution in [2.75, 3.05) is 0 Å². The molecular weight excluding hydrogens is 222 g/mol. The van der Waals surface area contributed by atoms with Gasteiger partial charge in [-0.15, -0.1) is 0 Å². The molecule has 2 aromatic heterocycles. The van der Waals surface area contributed by atoms with Gasteiger partial charge in [-0.3, -0.25) is 4.90 Å². The van der Waals surface area contributed by atoms with E-state index in [1.807, 2.05) is 0 Å². The number of fused-ring (bicyclic) bond motifs is 5. The van der Waals surface area contributed by atoms with Gasteiger partial charge in [0.25, 0.3) is 0 Å². The predicted molar refractivity (Wildman–Crippen MR) is 71.5 cm³/mol. The van der Waals surface area contributed by atoms with E-state index in [1.54, 1.807) is 0 Å². The number of hydrogen-bond acceptors (Lipinski definition) is 2. The van der Waals surface area contributed by atoms with Crippen LogP contribution in [-0.4, -0.2) is 4.90 Å². The highest BCUT2D eigenvalue weighted by Crippen LogP contribution is 2.38. The van der Waals surface area contributed by atoms with Crippen LogP contribution in [0.25, 0.3) is 11.2 Å². The molecule has 2 nitrogen and oxygen atoms in total. The first kappa shape index (κ1) is 10.2. The predicted octanol–water partition coefficient (Wildman–Crippen LogP) is 3.95. The van der Waals surface area contributed by atoms with Crippen LogP contribution >= 0.6 is 0 Å². The monoisotopic (exact) mass is 237 g/mol. The Morgan fingerprint density at radius 2 is 1.56 bits per heavy atom. The Morgan fingerprint density at radius 1 is 0.944 bits per heavy atom. The maximum atomic E-state index is 5.69. The quantitative estimate of drug-likeness (QED) is 0.671. The van der Waals surface area contributed by atoms with Gasteiger partial charge in [-0.1, -0.05) is 30.3 Å². The fourth-order valence-corrected chi connectivity index (χ4v) is 2.98. The van der Waals surface area contributed by atoms with Crippen molar-refractivity contribution in [3.8, 4) is 0 Å².